The van der Waals surface area contributed by atoms with Crippen LogP contribution in [0.4, 0.5) is 0 Å². The van der Waals surface area contributed by atoms with Gasteiger partial charge in [-0.3, -0.25) is 4.79 Å². The highest BCUT2D eigenvalue weighted by atomic mass is 16.1. The molecule has 0 aliphatic heterocycles. The first-order valence-corrected chi connectivity index (χ1v) is 7.86. The molecule has 2 aromatic carbocycles. The normalized spacial score (nSPS) is 11.9. The SMILES string of the molecule is CC(CCNCCNC(=O)c1ccccc1)c1ccccc1. The maximum Gasteiger partial charge on any atom is 0.251 e. The molecule has 2 N–H and O–H groups in total. The van der Waals surface area contributed by atoms with Crippen molar-refractivity contribution < 1.29 is 4.79 Å². The molecule has 0 bridgehead atoms. The predicted molar refractivity (Wildman–Crippen MR) is 91.1 cm³/mol. The van der Waals surface area contributed by atoms with E-state index in [1.807, 2.05) is 36.4 Å². The van der Waals surface area contributed by atoms with Crippen LogP contribution < -0.4 is 10.6 Å². The quantitative estimate of drug-likeness (QED) is 0.735. The second kappa shape index (κ2) is 9.00. The lowest BCUT2D eigenvalue weighted by Crippen LogP contribution is -2.32. The molecule has 1 unspecified atom stereocenters. The van der Waals surface area contributed by atoms with E-state index in [9.17, 15) is 4.79 Å². The molecule has 116 valence electrons. The number of nitrogens with one attached hydrogen (secondary N) is 2. The van der Waals surface area contributed by atoms with Crippen molar-refractivity contribution in [3.63, 3.8) is 0 Å². The molecule has 0 heterocycles. The molecule has 3 nitrogen and oxygen atoms in total. The highest BCUT2D eigenvalue weighted by molar-refractivity contribution is 5.94. The van der Waals surface area contributed by atoms with E-state index in [-0.39, 0.29) is 5.91 Å². The van der Waals surface area contributed by atoms with Gasteiger partial charge in [0.05, 0.1) is 0 Å². The monoisotopic (exact) mass is 296 g/mol. The van der Waals surface area contributed by atoms with Gasteiger partial charge in [0, 0.05) is 18.7 Å². The molecule has 1 atom stereocenters. The number of hydrogen-bond donors (Lipinski definition) is 2. The van der Waals surface area contributed by atoms with Gasteiger partial charge in [-0.25, -0.2) is 0 Å². The minimum Gasteiger partial charge on any atom is -0.351 e. The maximum absolute atomic E-state index is 11.8. The van der Waals surface area contributed by atoms with E-state index < -0.39 is 0 Å². The summed E-state index contributed by atoms with van der Waals surface area (Å²) in [6.45, 7) is 4.64. The van der Waals surface area contributed by atoms with E-state index >= 15 is 0 Å². The first-order valence-electron chi connectivity index (χ1n) is 7.86. The summed E-state index contributed by atoms with van der Waals surface area (Å²) in [7, 11) is 0. The molecule has 0 radical (unpaired) electrons. The number of carbonyl (C=O) groups is 1. The third-order valence-electron chi connectivity index (χ3n) is 3.75. The highest BCUT2D eigenvalue weighted by Gasteiger charge is 2.05. The first kappa shape index (κ1) is 16.2. The summed E-state index contributed by atoms with van der Waals surface area (Å²) in [5.74, 6) is 0.535. The van der Waals surface area contributed by atoms with Gasteiger partial charge in [-0.2, -0.15) is 0 Å². The second-order valence-corrected chi connectivity index (χ2v) is 5.47. The Balaban J connectivity index is 1.57. The molecule has 0 aromatic heterocycles. The number of hydrogen-bond acceptors (Lipinski definition) is 2. The Hall–Kier alpha value is -2.13. The number of rotatable bonds is 8. The van der Waals surface area contributed by atoms with Crippen molar-refractivity contribution in [3.05, 3.63) is 71.8 Å². The Kier molecular flexibility index (Phi) is 6.65. The molecule has 1 amide bonds. The van der Waals surface area contributed by atoms with Gasteiger partial charge in [0.25, 0.3) is 5.91 Å². The number of benzene rings is 2. The van der Waals surface area contributed by atoms with Gasteiger partial charge < -0.3 is 10.6 Å². The van der Waals surface area contributed by atoms with Crippen LogP contribution in [0.2, 0.25) is 0 Å². The van der Waals surface area contributed by atoms with Crippen LogP contribution in [0.1, 0.15) is 35.2 Å². The van der Waals surface area contributed by atoms with Gasteiger partial charge >= 0.3 is 0 Å². The first-order chi connectivity index (χ1) is 10.8. The van der Waals surface area contributed by atoms with E-state index in [1.54, 1.807) is 0 Å². The van der Waals surface area contributed by atoms with E-state index in [0.717, 1.165) is 19.5 Å². The van der Waals surface area contributed by atoms with Crippen molar-refractivity contribution >= 4 is 5.91 Å². The van der Waals surface area contributed by atoms with Crippen molar-refractivity contribution in [2.45, 2.75) is 19.3 Å². The largest absolute Gasteiger partial charge is 0.351 e. The van der Waals surface area contributed by atoms with Crippen molar-refractivity contribution in [1.82, 2.24) is 10.6 Å². The zero-order chi connectivity index (χ0) is 15.6. The van der Waals surface area contributed by atoms with Crippen LogP contribution >= 0.6 is 0 Å². The minimum absolute atomic E-state index is 0.0138. The fourth-order valence-corrected chi connectivity index (χ4v) is 2.35. The molecular weight excluding hydrogens is 272 g/mol. The summed E-state index contributed by atoms with van der Waals surface area (Å²) in [4.78, 5) is 11.8. The third-order valence-corrected chi connectivity index (χ3v) is 3.75. The fraction of sp³-hybridized carbons (Fsp3) is 0.316. The average Bonchev–Trinajstić information content (AvgIpc) is 2.59. The van der Waals surface area contributed by atoms with Crippen molar-refractivity contribution in [3.8, 4) is 0 Å². The predicted octanol–water partition coefficient (Wildman–Crippen LogP) is 3.20. The summed E-state index contributed by atoms with van der Waals surface area (Å²) >= 11 is 0. The molecule has 0 aliphatic rings. The van der Waals surface area contributed by atoms with Crippen LogP contribution in [0.15, 0.2) is 60.7 Å². The standard InChI is InChI=1S/C19H24N2O/c1-16(17-8-4-2-5-9-17)12-13-20-14-15-21-19(22)18-10-6-3-7-11-18/h2-11,16,20H,12-15H2,1H3,(H,21,22). The second-order valence-electron chi connectivity index (χ2n) is 5.47. The summed E-state index contributed by atoms with van der Waals surface area (Å²) < 4.78 is 0. The summed E-state index contributed by atoms with van der Waals surface area (Å²) in [6.07, 6.45) is 1.09. The van der Waals surface area contributed by atoms with Crippen LogP contribution in [0.25, 0.3) is 0 Å². The lowest BCUT2D eigenvalue weighted by Gasteiger charge is -2.12. The number of carbonyl (C=O) groups excluding carboxylic acids is 1. The highest BCUT2D eigenvalue weighted by Crippen LogP contribution is 2.17. The summed E-state index contributed by atoms with van der Waals surface area (Å²) in [5, 5.41) is 6.30. The average molecular weight is 296 g/mol. The van der Waals surface area contributed by atoms with Crippen LogP contribution in [0.5, 0.6) is 0 Å². The van der Waals surface area contributed by atoms with Crippen molar-refractivity contribution in [2.75, 3.05) is 19.6 Å². The van der Waals surface area contributed by atoms with Gasteiger partial charge in [-0.15, -0.1) is 0 Å². The molecule has 2 rings (SSSR count). The van der Waals surface area contributed by atoms with Crippen molar-refractivity contribution in [2.24, 2.45) is 0 Å². The van der Waals surface area contributed by atoms with E-state index in [2.05, 4.69) is 41.8 Å². The lowest BCUT2D eigenvalue weighted by atomic mass is 9.98. The van der Waals surface area contributed by atoms with Crippen molar-refractivity contribution in [1.29, 1.82) is 0 Å². The van der Waals surface area contributed by atoms with Gasteiger partial charge in [0.15, 0.2) is 0 Å². The molecule has 3 heteroatoms. The van der Waals surface area contributed by atoms with E-state index in [0.29, 0.717) is 18.0 Å². The molecule has 0 saturated carbocycles. The van der Waals surface area contributed by atoms with Crippen LogP contribution in [-0.4, -0.2) is 25.5 Å². The Morgan fingerprint density at radius 1 is 0.909 bits per heavy atom. The third kappa shape index (κ3) is 5.34. The molecule has 22 heavy (non-hydrogen) atoms. The Morgan fingerprint density at radius 2 is 1.55 bits per heavy atom. The fourth-order valence-electron chi connectivity index (χ4n) is 2.35. The molecule has 2 aromatic rings. The van der Waals surface area contributed by atoms with Crippen LogP contribution in [0.3, 0.4) is 0 Å². The molecule has 0 saturated heterocycles. The van der Waals surface area contributed by atoms with Gasteiger partial charge in [-0.05, 0) is 36.6 Å². The summed E-state index contributed by atoms with van der Waals surface area (Å²) in [5.41, 5.74) is 2.09. The van der Waals surface area contributed by atoms with E-state index in [4.69, 9.17) is 0 Å². The zero-order valence-electron chi connectivity index (χ0n) is 13.1. The lowest BCUT2D eigenvalue weighted by molar-refractivity contribution is 0.0954. The minimum atomic E-state index is -0.0138. The van der Waals surface area contributed by atoms with E-state index in [1.165, 1.54) is 5.56 Å². The number of amides is 1. The maximum atomic E-state index is 11.8. The smallest absolute Gasteiger partial charge is 0.251 e. The molecule has 0 aliphatic carbocycles. The molecule has 0 spiro atoms. The Morgan fingerprint density at radius 3 is 2.23 bits per heavy atom. The van der Waals surface area contributed by atoms with Gasteiger partial charge in [0.1, 0.15) is 0 Å². The van der Waals surface area contributed by atoms with Gasteiger partial charge in [0.2, 0.25) is 0 Å². The molecule has 0 fully saturated rings. The Bertz CT molecular complexity index is 554. The van der Waals surface area contributed by atoms with Crippen LogP contribution in [-0.2, 0) is 0 Å². The zero-order valence-corrected chi connectivity index (χ0v) is 13.1. The molecular formula is C19H24N2O. The van der Waals surface area contributed by atoms with Crippen LogP contribution in [0, 0.1) is 0 Å². The summed E-state index contributed by atoms with van der Waals surface area (Å²) in [6, 6.07) is 19.9. The Labute approximate surface area is 132 Å². The van der Waals surface area contributed by atoms with Gasteiger partial charge in [-0.1, -0.05) is 55.5 Å². The topological polar surface area (TPSA) is 41.1 Å².